The van der Waals surface area contributed by atoms with E-state index in [4.69, 9.17) is 10.2 Å². The van der Waals surface area contributed by atoms with Crippen molar-refractivity contribution < 1.29 is 24.6 Å². The summed E-state index contributed by atoms with van der Waals surface area (Å²) in [7, 11) is 0. The third-order valence-electron chi connectivity index (χ3n) is 2.25. The number of carboxylic acids is 2. The second-order valence-corrected chi connectivity index (χ2v) is 3.66. The number of carbonyl (C=O) groups is 3. The maximum absolute atomic E-state index is 11.6. The van der Waals surface area contributed by atoms with Crippen molar-refractivity contribution in [1.82, 2.24) is 15.8 Å². The first-order valence-corrected chi connectivity index (χ1v) is 5.41. The van der Waals surface area contributed by atoms with Crippen molar-refractivity contribution in [3.8, 4) is 0 Å². The summed E-state index contributed by atoms with van der Waals surface area (Å²) in [6.07, 6.45) is 2.40. The fraction of sp³-hybridized carbons (Fsp3) is 0.273. The Bertz CT molecular complexity index is 463. The smallest absolute Gasteiger partial charge is 0.322 e. The molecule has 0 aliphatic heterocycles. The summed E-state index contributed by atoms with van der Waals surface area (Å²) >= 11 is 0. The number of hydrogen-bond acceptors (Lipinski definition) is 5. The van der Waals surface area contributed by atoms with Crippen LogP contribution in [0, 0.1) is 0 Å². The van der Waals surface area contributed by atoms with Gasteiger partial charge in [0.2, 0.25) is 0 Å². The van der Waals surface area contributed by atoms with E-state index in [1.807, 2.05) is 0 Å². The molecule has 1 rings (SSSR count). The van der Waals surface area contributed by atoms with Gasteiger partial charge in [-0.25, -0.2) is 5.43 Å². The van der Waals surface area contributed by atoms with Crippen molar-refractivity contribution in [3.05, 3.63) is 30.1 Å². The van der Waals surface area contributed by atoms with Crippen LogP contribution in [0.2, 0.25) is 0 Å². The number of carbonyl (C=O) groups excluding carboxylic acids is 1. The minimum Gasteiger partial charge on any atom is -0.481 e. The second-order valence-electron chi connectivity index (χ2n) is 3.66. The lowest BCUT2D eigenvalue weighted by molar-refractivity contribution is -0.140. The van der Waals surface area contributed by atoms with Crippen molar-refractivity contribution in [2.45, 2.75) is 18.9 Å². The van der Waals surface area contributed by atoms with Crippen molar-refractivity contribution in [2.75, 3.05) is 0 Å². The van der Waals surface area contributed by atoms with Crippen LogP contribution in [-0.4, -0.2) is 39.1 Å². The first kappa shape index (κ1) is 14.6. The largest absolute Gasteiger partial charge is 0.481 e. The van der Waals surface area contributed by atoms with Gasteiger partial charge in [-0.15, -0.1) is 0 Å². The van der Waals surface area contributed by atoms with Gasteiger partial charge in [0, 0.05) is 24.4 Å². The van der Waals surface area contributed by atoms with Crippen LogP contribution in [0.3, 0.4) is 0 Å². The van der Waals surface area contributed by atoms with Crippen LogP contribution in [0.1, 0.15) is 23.2 Å². The van der Waals surface area contributed by atoms with Gasteiger partial charge in [-0.05, 0) is 18.6 Å². The molecule has 8 heteroatoms. The molecule has 8 nitrogen and oxygen atoms in total. The summed E-state index contributed by atoms with van der Waals surface area (Å²) < 4.78 is 0. The number of nitrogens with one attached hydrogen (secondary N) is 2. The predicted octanol–water partition coefficient (Wildman–Crippen LogP) is -0.366. The maximum atomic E-state index is 11.6. The number of pyridine rings is 1. The van der Waals surface area contributed by atoms with Crippen LogP contribution in [0.15, 0.2) is 24.5 Å². The number of aromatic nitrogens is 1. The molecule has 4 N–H and O–H groups in total. The van der Waals surface area contributed by atoms with Gasteiger partial charge in [0.1, 0.15) is 6.04 Å². The zero-order valence-electron chi connectivity index (χ0n) is 9.87. The average Bonchev–Trinajstić information content (AvgIpc) is 2.38. The van der Waals surface area contributed by atoms with E-state index >= 15 is 0 Å². The molecular weight excluding hydrogens is 254 g/mol. The zero-order chi connectivity index (χ0) is 14.3. The highest BCUT2D eigenvalue weighted by atomic mass is 16.4. The molecular formula is C11H13N3O5. The van der Waals surface area contributed by atoms with Gasteiger partial charge in [0.15, 0.2) is 0 Å². The highest BCUT2D eigenvalue weighted by Crippen LogP contribution is 1.98. The van der Waals surface area contributed by atoms with E-state index in [1.54, 1.807) is 0 Å². The molecule has 0 spiro atoms. The van der Waals surface area contributed by atoms with Crippen molar-refractivity contribution in [1.29, 1.82) is 0 Å². The molecule has 0 aliphatic carbocycles. The Labute approximate surface area is 108 Å². The van der Waals surface area contributed by atoms with Gasteiger partial charge in [-0.3, -0.25) is 24.8 Å². The average molecular weight is 267 g/mol. The topological polar surface area (TPSA) is 129 Å². The van der Waals surface area contributed by atoms with E-state index in [0.717, 1.165) is 0 Å². The second kappa shape index (κ2) is 7.07. The summed E-state index contributed by atoms with van der Waals surface area (Å²) in [4.78, 5) is 36.6. The van der Waals surface area contributed by atoms with E-state index < -0.39 is 23.9 Å². The highest BCUT2D eigenvalue weighted by Gasteiger charge is 2.19. The lowest BCUT2D eigenvalue weighted by Gasteiger charge is -2.14. The fourth-order valence-electron chi connectivity index (χ4n) is 1.25. The third kappa shape index (κ3) is 5.13. The van der Waals surface area contributed by atoms with E-state index in [9.17, 15) is 14.4 Å². The molecule has 0 saturated carbocycles. The molecule has 0 aromatic carbocycles. The fourth-order valence-corrected chi connectivity index (χ4v) is 1.25. The molecule has 1 aromatic heterocycles. The zero-order valence-corrected chi connectivity index (χ0v) is 9.87. The molecule has 0 fully saturated rings. The monoisotopic (exact) mass is 267 g/mol. The molecule has 1 heterocycles. The lowest BCUT2D eigenvalue weighted by Crippen LogP contribution is -2.48. The Kier molecular flexibility index (Phi) is 5.42. The van der Waals surface area contributed by atoms with E-state index in [-0.39, 0.29) is 12.8 Å². The van der Waals surface area contributed by atoms with Crippen molar-refractivity contribution >= 4 is 17.8 Å². The summed E-state index contributed by atoms with van der Waals surface area (Å²) in [5.41, 5.74) is 4.81. The molecule has 1 atom stereocenters. The number of nitrogens with zero attached hydrogens (tertiary/aromatic N) is 1. The van der Waals surface area contributed by atoms with Crippen molar-refractivity contribution in [3.63, 3.8) is 0 Å². The van der Waals surface area contributed by atoms with Crippen LogP contribution in [0.25, 0.3) is 0 Å². The molecule has 0 unspecified atom stereocenters. The number of amides is 1. The number of hydrogen-bond donors (Lipinski definition) is 4. The molecule has 102 valence electrons. The van der Waals surface area contributed by atoms with E-state index in [1.165, 1.54) is 24.5 Å². The third-order valence-corrected chi connectivity index (χ3v) is 2.25. The van der Waals surface area contributed by atoms with Crippen LogP contribution >= 0.6 is 0 Å². The first-order chi connectivity index (χ1) is 9.00. The summed E-state index contributed by atoms with van der Waals surface area (Å²) in [6.45, 7) is 0. The standard InChI is InChI=1S/C11H13N3O5/c15-9(16)2-1-8(11(18)19)13-14-10(17)7-3-5-12-6-4-7/h3-6,8,13H,1-2H2,(H,14,17)(H,15,16)(H,18,19)/t8-/m0/s1. The summed E-state index contributed by atoms with van der Waals surface area (Å²) in [6, 6.07) is 1.76. The van der Waals surface area contributed by atoms with E-state index in [0.29, 0.717) is 5.56 Å². The number of carboxylic acid groups (broad SMARTS) is 2. The summed E-state index contributed by atoms with van der Waals surface area (Å²) in [5, 5.41) is 17.3. The molecule has 0 radical (unpaired) electrons. The van der Waals surface area contributed by atoms with Crippen LogP contribution < -0.4 is 10.9 Å². The number of aliphatic carboxylic acids is 2. The highest BCUT2D eigenvalue weighted by molar-refractivity contribution is 5.93. The van der Waals surface area contributed by atoms with Crippen molar-refractivity contribution in [2.24, 2.45) is 0 Å². The SMILES string of the molecule is O=C(O)CC[C@H](NNC(=O)c1ccncc1)C(=O)O. The van der Waals surface area contributed by atoms with Gasteiger partial charge in [0.25, 0.3) is 5.91 Å². The van der Waals surface area contributed by atoms with Crippen LogP contribution in [0.4, 0.5) is 0 Å². The molecule has 0 aliphatic rings. The van der Waals surface area contributed by atoms with E-state index in [2.05, 4.69) is 15.8 Å². The molecule has 1 amide bonds. The minimum absolute atomic E-state index is 0.138. The molecule has 1 aromatic rings. The molecule has 0 bridgehead atoms. The first-order valence-electron chi connectivity index (χ1n) is 5.41. The van der Waals surface area contributed by atoms with Gasteiger partial charge in [0.05, 0.1) is 0 Å². The Hall–Kier alpha value is -2.48. The maximum Gasteiger partial charge on any atom is 0.322 e. The minimum atomic E-state index is -1.24. The Morgan fingerprint density at radius 3 is 2.37 bits per heavy atom. The predicted molar refractivity (Wildman–Crippen MR) is 63.1 cm³/mol. The quantitative estimate of drug-likeness (QED) is 0.496. The van der Waals surface area contributed by atoms with Gasteiger partial charge < -0.3 is 10.2 Å². The Morgan fingerprint density at radius 1 is 1.21 bits per heavy atom. The van der Waals surface area contributed by atoms with Gasteiger partial charge in [-0.2, -0.15) is 0 Å². The van der Waals surface area contributed by atoms with Crippen LogP contribution in [0.5, 0.6) is 0 Å². The van der Waals surface area contributed by atoms with Gasteiger partial charge in [-0.1, -0.05) is 0 Å². The Morgan fingerprint density at radius 2 is 1.84 bits per heavy atom. The number of rotatable bonds is 7. The molecule has 0 saturated heterocycles. The van der Waals surface area contributed by atoms with Crippen LogP contribution in [-0.2, 0) is 9.59 Å². The Balaban J connectivity index is 2.50. The molecule has 19 heavy (non-hydrogen) atoms. The lowest BCUT2D eigenvalue weighted by atomic mass is 10.2. The normalized spacial score (nSPS) is 11.6. The number of hydrazine groups is 1. The summed E-state index contributed by atoms with van der Waals surface area (Å²) in [5.74, 6) is -2.87. The van der Waals surface area contributed by atoms with Gasteiger partial charge >= 0.3 is 11.9 Å².